The van der Waals surface area contributed by atoms with Gasteiger partial charge in [-0.3, -0.25) is 0 Å². The van der Waals surface area contributed by atoms with Crippen molar-refractivity contribution in [3.63, 3.8) is 0 Å². The lowest BCUT2D eigenvalue weighted by molar-refractivity contribution is 0.310. The van der Waals surface area contributed by atoms with Gasteiger partial charge in [-0.2, -0.15) is 9.48 Å². The number of hydrogen-bond donors (Lipinski definition) is 1. The molecule has 1 heterocycles. The number of halogens is 5. The number of aliphatic hydroxyl groups is 1. The maximum atomic E-state index is 13.6. The van der Waals surface area contributed by atoms with Crippen LogP contribution in [0.2, 0.25) is 10.0 Å². The van der Waals surface area contributed by atoms with Crippen LogP contribution < -0.4 is 4.48 Å². The Kier molecular flexibility index (Phi) is 5.01. The van der Waals surface area contributed by atoms with Crippen molar-refractivity contribution >= 4 is 55.3 Å². The highest BCUT2D eigenvalue weighted by atomic mass is 79.9. The maximum Gasteiger partial charge on any atom is 0.287 e. The van der Waals surface area contributed by atoms with E-state index in [1.54, 1.807) is 6.92 Å². The highest BCUT2D eigenvalue weighted by Gasteiger charge is 2.50. The summed E-state index contributed by atoms with van der Waals surface area (Å²) in [7, 11) is 0. The number of aliphatic imine (C=N–C) groups is 1. The molecule has 8 heteroatoms. The Balaban J connectivity index is 2.44. The largest absolute Gasteiger partial charge is 0.386 e. The van der Waals surface area contributed by atoms with Gasteiger partial charge in [0.25, 0.3) is 4.74 Å². The van der Waals surface area contributed by atoms with E-state index >= 15 is 0 Å². The fourth-order valence-electron chi connectivity index (χ4n) is 2.98. The van der Waals surface area contributed by atoms with Gasteiger partial charge in [0.15, 0.2) is 17.1 Å². The van der Waals surface area contributed by atoms with Crippen molar-refractivity contribution in [2.45, 2.75) is 6.92 Å². The summed E-state index contributed by atoms with van der Waals surface area (Å²) in [5.74, 6) is -1.01. The molecule has 0 saturated carbocycles. The summed E-state index contributed by atoms with van der Waals surface area (Å²) in [6.45, 7) is 1.37. The zero-order chi connectivity index (χ0) is 18.4. The Bertz CT molecular complexity index is 879. The minimum absolute atomic E-state index is 0.119. The van der Waals surface area contributed by atoms with Crippen LogP contribution in [0.5, 0.6) is 0 Å². The average molecular weight is 449 g/mol. The molecule has 1 aliphatic rings. The van der Waals surface area contributed by atoms with Gasteiger partial charge in [0.05, 0.1) is 0 Å². The topological polar surface area (TPSA) is 32.6 Å². The van der Waals surface area contributed by atoms with Crippen molar-refractivity contribution in [1.29, 1.82) is 0 Å². The van der Waals surface area contributed by atoms with Crippen molar-refractivity contribution < 1.29 is 13.9 Å². The highest BCUT2D eigenvalue weighted by Crippen LogP contribution is 2.51. The van der Waals surface area contributed by atoms with E-state index in [1.165, 1.54) is 24.3 Å². The summed E-state index contributed by atoms with van der Waals surface area (Å²) in [5.41, 5.74) is 1.87. The average Bonchev–Trinajstić information content (AvgIpc) is 2.78. The highest BCUT2D eigenvalue weighted by molar-refractivity contribution is 9.18. The van der Waals surface area contributed by atoms with Gasteiger partial charge in [-0.25, -0.2) is 8.78 Å². The summed E-state index contributed by atoms with van der Waals surface area (Å²) >= 11 is 16.1. The third kappa shape index (κ3) is 2.82. The van der Waals surface area contributed by atoms with Gasteiger partial charge in [0.1, 0.15) is 34.0 Å². The number of benzene rings is 2. The third-order valence-electron chi connectivity index (χ3n) is 4.05. The Morgan fingerprint density at radius 2 is 1.52 bits per heavy atom. The predicted octanol–water partition coefficient (Wildman–Crippen LogP) is 5.90. The lowest BCUT2D eigenvalue weighted by Gasteiger charge is -2.34. The molecule has 3 nitrogen and oxygen atoms in total. The maximum absolute atomic E-state index is 13.6. The van der Waals surface area contributed by atoms with E-state index in [0.717, 1.165) is 12.1 Å². The van der Waals surface area contributed by atoms with Crippen LogP contribution in [0.15, 0.2) is 52.8 Å². The van der Waals surface area contributed by atoms with E-state index in [1.807, 2.05) is 0 Å². The van der Waals surface area contributed by atoms with Gasteiger partial charge in [0.2, 0.25) is 0 Å². The van der Waals surface area contributed by atoms with Crippen LogP contribution >= 0.6 is 39.1 Å². The molecule has 0 unspecified atom stereocenters. The molecule has 130 valence electrons. The lowest BCUT2D eigenvalue weighted by Crippen LogP contribution is -2.45. The lowest BCUT2D eigenvalue weighted by atomic mass is 10.1. The van der Waals surface area contributed by atoms with E-state index in [4.69, 9.17) is 23.2 Å². The second-order valence-corrected chi connectivity index (χ2v) is 6.96. The molecule has 0 saturated heterocycles. The molecule has 1 aliphatic heterocycles. The van der Waals surface area contributed by atoms with Crippen LogP contribution in [-0.4, -0.2) is 16.5 Å². The molecule has 3 rings (SSSR count). The van der Waals surface area contributed by atoms with Crippen molar-refractivity contribution in [1.82, 2.24) is 4.48 Å². The molecule has 1 N–H and O–H groups in total. The minimum atomic E-state index is -0.504. The predicted molar refractivity (Wildman–Crippen MR) is 100 cm³/mol. The molecule has 0 bridgehead atoms. The van der Waals surface area contributed by atoms with Gasteiger partial charge in [-0.15, -0.1) is 0 Å². The number of nitrogens with zero attached hydrogens (tertiary/aromatic N) is 2. The van der Waals surface area contributed by atoms with Crippen molar-refractivity contribution in [2.24, 2.45) is 4.99 Å². The molecule has 0 atom stereocenters. The molecular weight excluding hydrogens is 437 g/mol. The number of amidine groups is 1. The standard InChI is InChI=1S/C17H12BrCl2F2N2O/c1-9-16(8-25)24(17(18)23-9,14-4-2-10(21)6-12(14)19)15-5-3-11(22)7-13(15)20/h2-7,25H,8H2,1H3/q+1. The normalized spacial score (nSPS) is 16.4. The van der Waals surface area contributed by atoms with Gasteiger partial charge in [-0.05, 0) is 31.2 Å². The zero-order valence-corrected chi connectivity index (χ0v) is 16.0. The fraction of sp³-hybridized carbons (Fsp3) is 0.118. The summed E-state index contributed by atoms with van der Waals surface area (Å²) in [4.78, 5) is 4.40. The number of hydrogen-bond acceptors (Lipinski definition) is 2. The molecule has 0 spiro atoms. The summed E-state index contributed by atoms with van der Waals surface area (Å²) in [6.07, 6.45) is 0. The zero-order valence-electron chi connectivity index (χ0n) is 12.9. The van der Waals surface area contributed by atoms with E-state index < -0.39 is 11.6 Å². The minimum Gasteiger partial charge on any atom is -0.386 e. The van der Waals surface area contributed by atoms with E-state index in [2.05, 4.69) is 20.9 Å². The number of allylic oxidation sites excluding steroid dienone is 1. The second-order valence-electron chi connectivity index (χ2n) is 5.43. The van der Waals surface area contributed by atoms with Crippen LogP contribution in [0.1, 0.15) is 6.92 Å². The van der Waals surface area contributed by atoms with E-state index in [0.29, 0.717) is 27.5 Å². The van der Waals surface area contributed by atoms with Gasteiger partial charge in [-0.1, -0.05) is 23.2 Å². The molecule has 0 aliphatic carbocycles. The summed E-state index contributed by atoms with van der Waals surface area (Å²) < 4.78 is 27.2. The Hall–Kier alpha value is -1.31. The Morgan fingerprint density at radius 3 is 1.92 bits per heavy atom. The molecule has 2 aromatic carbocycles. The summed E-state index contributed by atoms with van der Waals surface area (Å²) in [5, 5.41) is 10.2. The fourth-order valence-corrected chi connectivity index (χ4v) is 4.43. The second kappa shape index (κ2) is 6.78. The first kappa shape index (κ1) is 18.5. The SMILES string of the molecule is CC1=C(CO)[N+](c2ccc(F)cc2Cl)(c2ccc(F)cc2Cl)C(Br)=N1. The molecular formula is C17H12BrCl2F2N2O+. The van der Waals surface area contributed by atoms with Crippen LogP contribution in [0.4, 0.5) is 20.2 Å². The first-order valence-corrected chi connectivity index (χ1v) is 8.73. The van der Waals surface area contributed by atoms with Crippen molar-refractivity contribution in [3.8, 4) is 0 Å². The van der Waals surface area contributed by atoms with E-state index in [9.17, 15) is 13.9 Å². The Morgan fingerprint density at radius 1 is 1.04 bits per heavy atom. The molecule has 2 aromatic rings. The quantitative estimate of drug-likeness (QED) is 0.460. The molecule has 0 fully saturated rings. The molecule has 25 heavy (non-hydrogen) atoms. The van der Waals surface area contributed by atoms with Crippen LogP contribution in [0, 0.1) is 11.6 Å². The van der Waals surface area contributed by atoms with Crippen molar-refractivity contribution in [2.75, 3.05) is 6.61 Å². The third-order valence-corrected chi connectivity index (χ3v) is 5.37. The molecule has 0 aromatic heterocycles. The molecule has 0 radical (unpaired) electrons. The summed E-state index contributed by atoms with van der Waals surface area (Å²) in [6, 6.07) is 7.81. The first-order chi connectivity index (χ1) is 11.8. The monoisotopic (exact) mass is 447 g/mol. The Labute approximate surface area is 161 Å². The van der Waals surface area contributed by atoms with E-state index in [-0.39, 0.29) is 21.1 Å². The number of aliphatic hydroxyl groups excluding tert-OH is 1. The van der Waals surface area contributed by atoms with Gasteiger partial charge < -0.3 is 5.11 Å². The van der Waals surface area contributed by atoms with Crippen LogP contribution in [0.3, 0.4) is 0 Å². The molecule has 0 amide bonds. The van der Waals surface area contributed by atoms with Gasteiger partial charge in [0, 0.05) is 28.1 Å². The van der Waals surface area contributed by atoms with Crippen molar-refractivity contribution in [3.05, 3.63) is 69.5 Å². The number of quaternary nitrogens is 1. The first-order valence-electron chi connectivity index (χ1n) is 7.18. The van der Waals surface area contributed by atoms with Gasteiger partial charge >= 0.3 is 0 Å². The van der Waals surface area contributed by atoms with Crippen LogP contribution in [0.25, 0.3) is 0 Å². The van der Waals surface area contributed by atoms with Crippen LogP contribution in [-0.2, 0) is 0 Å². The number of rotatable bonds is 3. The smallest absolute Gasteiger partial charge is 0.287 e.